The van der Waals surface area contributed by atoms with Crippen molar-refractivity contribution in [1.82, 2.24) is 0 Å². The summed E-state index contributed by atoms with van der Waals surface area (Å²) in [5, 5.41) is 12.5. The van der Waals surface area contributed by atoms with E-state index in [1.54, 1.807) is 12.1 Å². The summed E-state index contributed by atoms with van der Waals surface area (Å²) in [6.45, 7) is 8.23. The van der Waals surface area contributed by atoms with Crippen LogP contribution in [0.25, 0.3) is 0 Å². The van der Waals surface area contributed by atoms with Gasteiger partial charge in [0.05, 0.1) is 5.56 Å². The first-order valence-corrected chi connectivity index (χ1v) is 7.06. The zero-order valence-corrected chi connectivity index (χ0v) is 12.9. The first kappa shape index (κ1) is 15.1. The lowest BCUT2D eigenvalue weighted by Gasteiger charge is -2.20. The van der Waals surface area contributed by atoms with Crippen molar-refractivity contribution in [3.8, 4) is 0 Å². The van der Waals surface area contributed by atoms with Crippen LogP contribution in [-0.2, 0) is 0 Å². The fourth-order valence-electron chi connectivity index (χ4n) is 2.58. The van der Waals surface area contributed by atoms with E-state index in [4.69, 9.17) is 5.11 Å². The van der Waals surface area contributed by atoms with Crippen molar-refractivity contribution in [3.63, 3.8) is 0 Å². The van der Waals surface area contributed by atoms with Crippen molar-refractivity contribution in [3.05, 3.63) is 64.2 Å². The molecule has 0 radical (unpaired) electrons. The molecule has 2 N–H and O–H groups in total. The van der Waals surface area contributed by atoms with E-state index in [1.807, 2.05) is 13.0 Å². The number of carbonyl (C=O) groups is 1. The summed E-state index contributed by atoms with van der Waals surface area (Å²) >= 11 is 0. The zero-order valence-electron chi connectivity index (χ0n) is 12.9. The van der Waals surface area contributed by atoms with E-state index in [1.165, 1.54) is 16.7 Å². The summed E-state index contributed by atoms with van der Waals surface area (Å²) in [4.78, 5) is 11.0. The zero-order chi connectivity index (χ0) is 15.6. The van der Waals surface area contributed by atoms with Crippen molar-refractivity contribution in [1.29, 1.82) is 0 Å². The Balaban J connectivity index is 2.23. The second-order valence-electron chi connectivity index (χ2n) is 5.56. The number of aromatic carboxylic acids is 1. The third-order valence-electron chi connectivity index (χ3n) is 3.74. The summed E-state index contributed by atoms with van der Waals surface area (Å²) < 4.78 is 0. The molecule has 0 spiro atoms. The molecule has 3 heteroatoms. The SMILES string of the molecule is Cc1ccc(C(C)Nc2ccc(C(=O)O)cc2C)c(C)c1. The molecule has 0 heterocycles. The van der Waals surface area contributed by atoms with E-state index >= 15 is 0 Å². The van der Waals surface area contributed by atoms with E-state index in [0.717, 1.165) is 11.3 Å². The molecule has 21 heavy (non-hydrogen) atoms. The Labute approximate surface area is 125 Å². The molecule has 0 aromatic heterocycles. The number of nitrogens with one attached hydrogen (secondary N) is 1. The molecular formula is C18H21NO2. The Kier molecular flexibility index (Phi) is 4.32. The monoisotopic (exact) mass is 283 g/mol. The number of hydrogen-bond donors (Lipinski definition) is 2. The average Bonchev–Trinajstić information content (AvgIpc) is 2.40. The molecule has 2 rings (SSSR count). The lowest BCUT2D eigenvalue weighted by atomic mass is 9.99. The van der Waals surface area contributed by atoms with E-state index in [2.05, 4.69) is 44.3 Å². The Bertz CT molecular complexity index is 677. The van der Waals surface area contributed by atoms with Gasteiger partial charge in [-0.05, 0) is 62.6 Å². The van der Waals surface area contributed by atoms with Crippen LogP contribution in [-0.4, -0.2) is 11.1 Å². The van der Waals surface area contributed by atoms with Gasteiger partial charge >= 0.3 is 5.97 Å². The molecule has 0 amide bonds. The van der Waals surface area contributed by atoms with Crippen molar-refractivity contribution in [2.75, 3.05) is 5.32 Å². The lowest BCUT2D eigenvalue weighted by Crippen LogP contribution is -2.10. The molecule has 3 nitrogen and oxygen atoms in total. The van der Waals surface area contributed by atoms with E-state index in [0.29, 0.717) is 5.56 Å². The van der Waals surface area contributed by atoms with Crippen LogP contribution in [0.1, 0.15) is 45.6 Å². The molecule has 0 bridgehead atoms. The van der Waals surface area contributed by atoms with Gasteiger partial charge in [-0.25, -0.2) is 4.79 Å². The Morgan fingerprint density at radius 1 is 1.05 bits per heavy atom. The van der Waals surface area contributed by atoms with Crippen LogP contribution in [0, 0.1) is 20.8 Å². The molecule has 0 saturated heterocycles. The molecule has 0 saturated carbocycles. The van der Waals surface area contributed by atoms with Crippen LogP contribution in [0.5, 0.6) is 0 Å². The van der Waals surface area contributed by atoms with Gasteiger partial charge in [-0.15, -0.1) is 0 Å². The number of anilines is 1. The molecule has 2 aromatic rings. The van der Waals surface area contributed by atoms with Gasteiger partial charge in [-0.2, -0.15) is 0 Å². The molecule has 0 aliphatic heterocycles. The highest BCUT2D eigenvalue weighted by molar-refractivity contribution is 5.88. The van der Waals surface area contributed by atoms with Crippen LogP contribution >= 0.6 is 0 Å². The van der Waals surface area contributed by atoms with Gasteiger partial charge < -0.3 is 10.4 Å². The van der Waals surface area contributed by atoms with Gasteiger partial charge in [0.1, 0.15) is 0 Å². The molecular weight excluding hydrogens is 262 g/mol. The third kappa shape index (κ3) is 3.43. The third-order valence-corrected chi connectivity index (χ3v) is 3.74. The molecule has 0 aliphatic rings. The van der Waals surface area contributed by atoms with E-state index in [9.17, 15) is 4.79 Å². The van der Waals surface area contributed by atoms with Crippen LogP contribution in [0.15, 0.2) is 36.4 Å². The van der Waals surface area contributed by atoms with Crippen molar-refractivity contribution in [2.24, 2.45) is 0 Å². The Morgan fingerprint density at radius 2 is 1.76 bits per heavy atom. The number of rotatable bonds is 4. The van der Waals surface area contributed by atoms with Crippen LogP contribution in [0.2, 0.25) is 0 Å². The van der Waals surface area contributed by atoms with Gasteiger partial charge in [0.2, 0.25) is 0 Å². The number of carboxylic acid groups (broad SMARTS) is 1. The van der Waals surface area contributed by atoms with E-state index in [-0.39, 0.29) is 6.04 Å². The minimum absolute atomic E-state index is 0.167. The van der Waals surface area contributed by atoms with Crippen LogP contribution in [0.3, 0.4) is 0 Å². The minimum Gasteiger partial charge on any atom is -0.478 e. The first-order valence-electron chi connectivity index (χ1n) is 7.06. The highest BCUT2D eigenvalue weighted by Crippen LogP contribution is 2.25. The summed E-state index contributed by atoms with van der Waals surface area (Å²) in [6, 6.07) is 11.8. The lowest BCUT2D eigenvalue weighted by molar-refractivity contribution is 0.0697. The summed E-state index contributed by atoms with van der Waals surface area (Å²) in [5.41, 5.74) is 5.98. The standard InChI is InChI=1S/C18H21NO2/c1-11-5-7-16(12(2)9-11)14(4)19-17-8-6-15(18(20)21)10-13(17)3/h5-10,14,19H,1-4H3,(H,20,21). The van der Waals surface area contributed by atoms with Crippen molar-refractivity contribution < 1.29 is 9.90 Å². The molecule has 0 aliphatic carbocycles. The van der Waals surface area contributed by atoms with Gasteiger partial charge in [0.15, 0.2) is 0 Å². The number of benzene rings is 2. The number of hydrogen-bond acceptors (Lipinski definition) is 2. The number of aryl methyl sites for hydroxylation is 3. The topological polar surface area (TPSA) is 49.3 Å². The summed E-state index contributed by atoms with van der Waals surface area (Å²) in [7, 11) is 0. The molecule has 1 unspecified atom stereocenters. The molecule has 1 atom stereocenters. The molecule has 2 aromatic carbocycles. The highest BCUT2D eigenvalue weighted by atomic mass is 16.4. The van der Waals surface area contributed by atoms with Crippen molar-refractivity contribution >= 4 is 11.7 Å². The fraction of sp³-hybridized carbons (Fsp3) is 0.278. The van der Waals surface area contributed by atoms with Crippen LogP contribution in [0.4, 0.5) is 5.69 Å². The summed E-state index contributed by atoms with van der Waals surface area (Å²) in [5.74, 6) is -0.896. The summed E-state index contributed by atoms with van der Waals surface area (Å²) in [6.07, 6.45) is 0. The smallest absolute Gasteiger partial charge is 0.335 e. The minimum atomic E-state index is -0.896. The van der Waals surface area contributed by atoms with Gasteiger partial charge in [0.25, 0.3) is 0 Å². The van der Waals surface area contributed by atoms with Crippen LogP contribution < -0.4 is 5.32 Å². The maximum absolute atomic E-state index is 11.0. The molecule has 0 fully saturated rings. The maximum Gasteiger partial charge on any atom is 0.335 e. The predicted octanol–water partition coefficient (Wildman–Crippen LogP) is 4.48. The van der Waals surface area contributed by atoms with Gasteiger partial charge in [-0.3, -0.25) is 0 Å². The van der Waals surface area contributed by atoms with Gasteiger partial charge in [0, 0.05) is 11.7 Å². The maximum atomic E-state index is 11.0. The van der Waals surface area contributed by atoms with Crippen molar-refractivity contribution in [2.45, 2.75) is 33.7 Å². The largest absolute Gasteiger partial charge is 0.478 e. The second-order valence-corrected chi connectivity index (χ2v) is 5.56. The first-order chi connectivity index (χ1) is 9.88. The Hall–Kier alpha value is -2.29. The molecule has 110 valence electrons. The quantitative estimate of drug-likeness (QED) is 0.869. The Morgan fingerprint density at radius 3 is 2.33 bits per heavy atom. The highest BCUT2D eigenvalue weighted by Gasteiger charge is 2.11. The fourth-order valence-corrected chi connectivity index (χ4v) is 2.58. The normalized spacial score (nSPS) is 12.0. The second kappa shape index (κ2) is 6.00. The van der Waals surface area contributed by atoms with Gasteiger partial charge in [-0.1, -0.05) is 23.8 Å². The average molecular weight is 283 g/mol. The predicted molar refractivity (Wildman–Crippen MR) is 86.1 cm³/mol. The number of carboxylic acids is 1. The van der Waals surface area contributed by atoms with E-state index < -0.39 is 5.97 Å².